The maximum absolute atomic E-state index is 2.40. The summed E-state index contributed by atoms with van der Waals surface area (Å²) in [6, 6.07) is 0. The highest BCUT2D eigenvalue weighted by Gasteiger charge is 2.46. The average molecular weight is 152 g/mol. The number of hydrogen-bond donors (Lipinski definition) is 0. The molecule has 0 nitrogen and oxygen atoms in total. The van der Waals surface area contributed by atoms with Crippen LogP contribution in [-0.2, 0) is 0 Å². The van der Waals surface area contributed by atoms with Crippen molar-refractivity contribution in [1.82, 2.24) is 0 Å². The van der Waals surface area contributed by atoms with Crippen molar-refractivity contribution in [3.05, 3.63) is 0 Å². The lowest BCUT2D eigenvalue weighted by atomic mass is 9.52. The smallest absolute Gasteiger partial charge is 0.0272 e. The molecule has 2 saturated carbocycles. The van der Waals surface area contributed by atoms with Crippen molar-refractivity contribution in [2.45, 2.75) is 52.4 Å². The summed E-state index contributed by atoms with van der Waals surface area (Å²) in [6.45, 7) is 4.79. The lowest BCUT2D eigenvalue weighted by Crippen LogP contribution is -2.43. The van der Waals surface area contributed by atoms with E-state index in [1.807, 2.05) is 0 Å². The van der Waals surface area contributed by atoms with E-state index in [9.17, 15) is 0 Å². The van der Waals surface area contributed by atoms with Crippen LogP contribution in [0, 0.1) is 17.3 Å². The summed E-state index contributed by atoms with van der Waals surface area (Å²) >= 11 is 0. The molecule has 2 fully saturated rings. The van der Waals surface area contributed by atoms with Gasteiger partial charge in [-0.3, -0.25) is 0 Å². The fraction of sp³-hybridized carbons (Fsp3) is 1.00. The third-order valence-electron chi connectivity index (χ3n) is 4.29. The topological polar surface area (TPSA) is 0 Å². The predicted octanol–water partition coefficient (Wildman–Crippen LogP) is 3.61. The van der Waals surface area contributed by atoms with Gasteiger partial charge in [-0.15, -0.1) is 0 Å². The van der Waals surface area contributed by atoms with Gasteiger partial charge in [-0.2, -0.15) is 0 Å². The summed E-state index contributed by atoms with van der Waals surface area (Å²) in [4.78, 5) is 0. The second-order valence-corrected chi connectivity index (χ2v) is 4.84. The summed E-state index contributed by atoms with van der Waals surface area (Å²) in [6.07, 6.45) is 9.12. The average Bonchev–Trinajstić information content (AvgIpc) is 1.83. The Morgan fingerprint density at radius 3 is 2.18 bits per heavy atom. The molecule has 64 valence electrons. The molecule has 0 aromatic carbocycles. The van der Waals surface area contributed by atoms with Crippen molar-refractivity contribution < 1.29 is 0 Å². The fourth-order valence-corrected chi connectivity index (χ4v) is 3.08. The van der Waals surface area contributed by atoms with Crippen LogP contribution in [0.1, 0.15) is 52.4 Å². The zero-order valence-corrected chi connectivity index (χ0v) is 7.90. The maximum atomic E-state index is 2.40. The van der Waals surface area contributed by atoms with Gasteiger partial charge in [0.25, 0.3) is 0 Å². The minimum Gasteiger partial charge on any atom is -0.0648 e. The first-order valence-electron chi connectivity index (χ1n) is 5.27. The van der Waals surface area contributed by atoms with Crippen LogP contribution in [0.2, 0.25) is 0 Å². The van der Waals surface area contributed by atoms with Gasteiger partial charge in [-0.25, -0.2) is 0 Å². The standard InChI is InChI=1S/C11H20/c1-3-11(5-4-6-11)10-7-9(2)8-10/h9-10H,3-8H2,1-2H3. The van der Waals surface area contributed by atoms with E-state index in [0.29, 0.717) is 0 Å². The van der Waals surface area contributed by atoms with Crippen LogP contribution in [0.3, 0.4) is 0 Å². The molecule has 0 aromatic rings. The third-order valence-corrected chi connectivity index (χ3v) is 4.29. The highest BCUT2D eigenvalue weighted by molar-refractivity contribution is 4.97. The van der Waals surface area contributed by atoms with E-state index in [4.69, 9.17) is 0 Å². The molecule has 2 aliphatic rings. The van der Waals surface area contributed by atoms with Crippen LogP contribution >= 0.6 is 0 Å². The number of hydrogen-bond acceptors (Lipinski definition) is 0. The van der Waals surface area contributed by atoms with E-state index in [0.717, 1.165) is 17.3 Å². The molecule has 2 aliphatic carbocycles. The van der Waals surface area contributed by atoms with Gasteiger partial charge in [-0.05, 0) is 42.9 Å². The van der Waals surface area contributed by atoms with Crippen LogP contribution in [0.15, 0.2) is 0 Å². The molecule has 0 aliphatic heterocycles. The van der Waals surface area contributed by atoms with E-state index in [1.54, 1.807) is 12.8 Å². The van der Waals surface area contributed by atoms with Gasteiger partial charge in [0.2, 0.25) is 0 Å². The lowest BCUT2D eigenvalue weighted by Gasteiger charge is -2.53. The Kier molecular flexibility index (Phi) is 1.74. The first-order valence-corrected chi connectivity index (χ1v) is 5.27. The van der Waals surface area contributed by atoms with Gasteiger partial charge < -0.3 is 0 Å². The molecule has 0 bridgehead atoms. The first-order chi connectivity index (χ1) is 5.27. The Hall–Kier alpha value is 0. The van der Waals surface area contributed by atoms with Crippen molar-refractivity contribution in [3.63, 3.8) is 0 Å². The molecule has 0 spiro atoms. The lowest BCUT2D eigenvalue weighted by molar-refractivity contribution is -0.0272. The minimum absolute atomic E-state index is 0.840. The second-order valence-electron chi connectivity index (χ2n) is 4.84. The molecular weight excluding hydrogens is 132 g/mol. The quantitative estimate of drug-likeness (QED) is 0.567. The molecule has 2 rings (SSSR count). The van der Waals surface area contributed by atoms with Crippen LogP contribution < -0.4 is 0 Å². The van der Waals surface area contributed by atoms with E-state index >= 15 is 0 Å². The van der Waals surface area contributed by atoms with Gasteiger partial charge in [0.05, 0.1) is 0 Å². The minimum atomic E-state index is 0.840. The Bertz CT molecular complexity index is 133. The molecule has 0 aromatic heterocycles. The normalized spacial score (nSPS) is 40.9. The molecule has 0 N–H and O–H groups in total. The number of rotatable bonds is 2. The molecule has 0 amide bonds. The molecule has 0 saturated heterocycles. The van der Waals surface area contributed by atoms with Crippen LogP contribution in [-0.4, -0.2) is 0 Å². The van der Waals surface area contributed by atoms with E-state index in [-0.39, 0.29) is 0 Å². The molecular formula is C11H20. The summed E-state index contributed by atoms with van der Waals surface area (Å²) in [7, 11) is 0. The predicted molar refractivity (Wildman–Crippen MR) is 48.5 cm³/mol. The van der Waals surface area contributed by atoms with Crippen molar-refractivity contribution in [2.24, 2.45) is 17.3 Å². The Morgan fingerprint density at radius 1 is 1.27 bits per heavy atom. The molecule has 0 unspecified atom stereocenters. The van der Waals surface area contributed by atoms with Crippen LogP contribution in [0.25, 0.3) is 0 Å². The van der Waals surface area contributed by atoms with E-state index in [2.05, 4.69) is 13.8 Å². The SMILES string of the molecule is CCC1(C2CC(C)C2)CCC1. The zero-order chi connectivity index (χ0) is 7.90. The fourth-order valence-electron chi connectivity index (χ4n) is 3.08. The van der Waals surface area contributed by atoms with Crippen molar-refractivity contribution in [1.29, 1.82) is 0 Å². The molecule has 0 atom stereocenters. The van der Waals surface area contributed by atoms with Crippen LogP contribution in [0.4, 0.5) is 0 Å². The largest absolute Gasteiger partial charge is 0.0648 e. The summed E-state index contributed by atoms with van der Waals surface area (Å²) < 4.78 is 0. The van der Waals surface area contributed by atoms with E-state index < -0.39 is 0 Å². The maximum Gasteiger partial charge on any atom is -0.0272 e. The Balaban J connectivity index is 1.92. The zero-order valence-electron chi connectivity index (χ0n) is 7.90. The van der Waals surface area contributed by atoms with Gasteiger partial charge in [0.15, 0.2) is 0 Å². The van der Waals surface area contributed by atoms with Crippen molar-refractivity contribution >= 4 is 0 Å². The monoisotopic (exact) mass is 152 g/mol. The molecule has 11 heavy (non-hydrogen) atoms. The molecule has 0 heteroatoms. The van der Waals surface area contributed by atoms with Crippen molar-refractivity contribution in [2.75, 3.05) is 0 Å². The van der Waals surface area contributed by atoms with Gasteiger partial charge in [0, 0.05) is 0 Å². The molecule has 0 radical (unpaired) electrons. The second kappa shape index (κ2) is 2.50. The highest BCUT2D eigenvalue weighted by atomic mass is 14.5. The highest BCUT2D eigenvalue weighted by Crippen LogP contribution is 2.57. The third kappa shape index (κ3) is 1.02. The van der Waals surface area contributed by atoms with Crippen LogP contribution in [0.5, 0.6) is 0 Å². The Morgan fingerprint density at radius 2 is 1.91 bits per heavy atom. The van der Waals surface area contributed by atoms with Crippen molar-refractivity contribution in [3.8, 4) is 0 Å². The first kappa shape index (κ1) is 7.64. The Labute approximate surface area is 70.4 Å². The summed E-state index contributed by atoms with van der Waals surface area (Å²) in [5.74, 6) is 2.17. The summed E-state index contributed by atoms with van der Waals surface area (Å²) in [5.41, 5.74) is 0.840. The van der Waals surface area contributed by atoms with Gasteiger partial charge in [-0.1, -0.05) is 26.7 Å². The van der Waals surface area contributed by atoms with Gasteiger partial charge >= 0.3 is 0 Å². The summed E-state index contributed by atoms with van der Waals surface area (Å²) in [5, 5.41) is 0. The van der Waals surface area contributed by atoms with E-state index in [1.165, 1.54) is 25.7 Å². The molecule has 0 heterocycles. The van der Waals surface area contributed by atoms with Gasteiger partial charge in [0.1, 0.15) is 0 Å².